The number of carbonyl (C=O) groups is 2. The first-order valence-corrected chi connectivity index (χ1v) is 17.4. The Kier molecular flexibility index (Phi) is 6.65. The summed E-state index contributed by atoms with van der Waals surface area (Å²) < 4.78 is 0. The summed E-state index contributed by atoms with van der Waals surface area (Å²) in [5.41, 5.74) is 5.24. The molecule has 0 saturated heterocycles. The highest BCUT2D eigenvalue weighted by molar-refractivity contribution is 6.31. The van der Waals surface area contributed by atoms with Gasteiger partial charge in [-0.15, -0.1) is 0 Å². The summed E-state index contributed by atoms with van der Waals surface area (Å²) in [6.07, 6.45) is 9.53. The van der Waals surface area contributed by atoms with E-state index in [1.807, 2.05) is 6.07 Å². The third kappa shape index (κ3) is 3.77. The molecule has 1 heterocycles. The van der Waals surface area contributed by atoms with Gasteiger partial charge in [-0.25, -0.2) is 0 Å². The Hall–Kier alpha value is -2.27. The molecular weight excluding hydrogens is 568 g/mol. The van der Waals surface area contributed by atoms with Crippen molar-refractivity contribution in [2.24, 2.45) is 51.2 Å². The second-order valence-electron chi connectivity index (χ2n) is 17.0. The van der Waals surface area contributed by atoms with Gasteiger partial charge in [-0.1, -0.05) is 58.4 Å². The predicted octanol–water partition coefficient (Wildman–Crippen LogP) is 8.69. The second-order valence-corrected chi connectivity index (χ2v) is 17.4. The SMILES string of the molecule is C=C(C)[C@@H]1CC[C@]2(C(=O)NCC(=O)O)CC[C@]3(C)[C@H](CC[C@@H]4[C@@]5(C)Cc6c([nH]c7ccc(Cl)cc67)C(C)(C)[C@@H]5CC[C@]43C)[C@@H]12. The number of rotatable bonds is 4. The molecule has 1 aromatic carbocycles. The topological polar surface area (TPSA) is 82.2 Å². The number of nitrogens with one attached hydrogen (secondary N) is 2. The van der Waals surface area contributed by atoms with Crippen LogP contribution in [-0.4, -0.2) is 28.5 Å². The maximum atomic E-state index is 13.9. The molecule has 4 fully saturated rings. The molecule has 2 aromatic rings. The molecule has 1 amide bonds. The van der Waals surface area contributed by atoms with Gasteiger partial charge in [0.2, 0.25) is 5.91 Å². The molecule has 0 aliphatic heterocycles. The number of hydrogen-bond donors (Lipinski definition) is 3. The van der Waals surface area contributed by atoms with E-state index in [-0.39, 0.29) is 40.0 Å². The minimum Gasteiger partial charge on any atom is -0.480 e. The first kappa shape index (κ1) is 30.4. The molecule has 0 radical (unpaired) electrons. The number of fused-ring (bicyclic) bond motifs is 10. The fraction of sp³-hybridized carbons (Fsp3) is 0.684. The number of aromatic nitrogens is 1. The zero-order valence-corrected chi connectivity index (χ0v) is 28.3. The molecule has 5 aliphatic rings. The minimum absolute atomic E-state index is 0.0294. The zero-order chi connectivity index (χ0) is 31.6. The van der Waals surface area contributed by atoms with Crippen LogP contribution in [0, 0.1) is 51.2 Å². The van der Waals surface area contributed by atoms with Crippen LogP contribution in [0.3, 0.4) is 0 Å². The van der Waals surface area contributed by atoms with Crippen LogP contribution in [0.25, 0.3) is 10.9 Å². The van der Waals surface area contributed by atoms with E-state index in [9.17, 15) is 14.7 Å². The van der Waals surface area contributed by atoms with E-state index < -0.39 is 11.4 Å². The van der Waals surface area contributed by atoms with Crippen LogP contribution in [-0.2, 0) is 21.4 Å². The molecule has 238 valence electrons. The van der Waals surface area contributed by atoms with Gasteiger partial charge >= 0.3 is 5.97 Å². The maximum Gasteiger partial charge on any atom is 0.322 e. The van der Waals surface area contributed by atoms with Crippen LogP contribution in [0.4, 0.5) is 0 Å². The molecule has 0 spiro atoms. The molecule has 9 atom stereocenters. The Balaban J connectivity index is 1.30. The van der Waals surface area contributed by atoms with Crippen LogP contribution in [0.1, 0.15) is 104 Å². The number of benzene rings is 1. The number of amides is 1. The lowest BCUT2D eigenvalue weighted by Crippen LogP contribution is -2.67. The molecule has 7 rings (SSSR count). The fourth-order valence-electron chi connectivity index (χ4n) is 13.2. The number of allylic oxidation sites excluding steroid dienone is 1. The number of hydrogen-bond acceptors (Lipinski definition) is 2. The smallest absolute Gasteiger partial charge is 0.322 e. The molecule has 6 heteroatoms. The number of aliphatic carboxylic acids is 1. The van der Waals surface area contributed by atoms with Crippen LogP contribution in [0.5, 0.6) is 0 Å². The highest BCUT2D eigenvalue weighted by Crippen LogP contribution is 2.77. The van der Waals surface area contributed by atoms with Gasteiger partial charge in [-0.2, -0.15) is 0 Å². The van der Waals surface area contributed by atoms with E-state index in [0.29, 0.717) is 23.7 Å². The Morgan fingerprint density at radius 1 is 1.00 bits per heavy atom. The number of carboxylic acids is 1. The van der Waals surface area contributed by atoms with Crippen molar-refractivity contribution in [1.29, 1.82) is 0 Å². The molecular formula is C38H51ClN2O3. The van der Waals surface area contributed by atoms with Crippen molar-refractivity contribution in [3.63, 3.8) is 0 Å². The van der Waals surface area contributed by atoms with E-state index in [0.717, 1.165) is 43.5 Å². The van der Waals surface area contributed by atoms with E-state index in [1.165, 1.54) is 47.0 Å². The van der Waals surface area contributed by atoms with Gasteiger partial charge in [0.05, 0.1) is 5.41 Å². The monoisotopic (exact) mass is 618 g/mol. The maximum absolute atomic E-state index is 13.9. The van der Waals surface area contributed by atoms with Crippen LogP contribution in [0.2, 0.25) is 5.02 Å². The van der Waals surface area contributed by atoms with Crippen molar-refractivity contribution in [2.75, 3.05) is 6.54 Å². The summed E-state index contributed by atoms with van der Waals surface area (Å²) in [7, 11) is 0. The lowest BCUT2D eigenvalue weighted by Gasteiger charge is -2.72. The Bertz CT molecular complexity index is 1570. The van der Waals surface area contributed by atoms with Crippen molar-refractivity contribution in [3.05, 3.63) is 46.6 Å². The van der Waals surface area contributed by atoms with E-state index in [4.69, 9.17) is 11.6 Å². The van der Waals surface area contributed by atoms with Crippen LogP contribution < -0.4 is 5.32 Å². The first-order chi connectivity index (χ1) is 20.6. The second kappa shape index (κ2) is 9.62. The zero-order valence-electron chi connectivity index (χ0n) is 27.5. The van der Waals surface area contributed by atoms with E-state index in [2.05, 4.69) is 70.6 Å². The summed E-state index contributed by atoms with van der Waals surface area (Å²) in [5, 5.41) is 14.3. The van der Waals surface area contributed by atoms with Gasteiger partial charge in [0.15, 0.2) is 0 Å². The highest BCUT2D eigenvalue weighted by Gasteiger charge is 2.71. The van der Waals surface area contributed by atoms with Gasteiger partial charge < -0.3 is 15.4 Å². The van der Waals surface area contributed by atoms with Crippen LogP contribution in [0.15, 0.2) is 30.4 Å². The van der Waals surface area contributed by atoms with Gasteiger partial charge in [-0.05, 0) is 134 Å². The summed E-state index contributed by atoms with van der Waals surface area (Å²) >= 11 is 6.56. The average Bonchev–Trinajstić information content (AvgIpc) is 3.52. The standard InChI is InChI=1S/C38H51ClN2O3/c1-21(2)23-12-15-38(33(44)40-20-30(42)43)17-16-36(6)26(31(23)38)9-11-29-35(5)19-25-24-18-22(39)8-10-27(24)41-32(25)34(3,4)28(35)13-14-37(29,36)7/h8,10,18,23,26,28-29,31,41H,1,9,11-17,19-20H2,2-7H3,(H,40,44)(H,42,43)/t23-,26+,28-,29+,31+,35-,36+,37+,38-/m0/s1. The van der Waals surface area contributed by atoms with E-state index >= 15 is 0 Å². The summed E-state index contributed by atoms with van der Waals surface area (Å²) in [6.45, 7) is 19.1. The van der Waals surface area contributed by atoms with Crippen molar-refractivity contribution in [2.45, 2.75) is 105 Å². The number of carboxylic acid groups (broad SMARTS) is 1. The average molecular weight is 619 g/mol. The molecule has 44 heavy (non-hydrogen) atoms. The molecule has 0 unspecified atom stereocenters. The van der Waals surface area contributed by atoms with Gasteiger partial charge in [-0.3, -0.25) is 9.59 Å². The number of H-pyrrole nitrogens is 1. The number of halogens is 1. The highest BCUT2D eigenvalue weighted by atomic mass is 35.5. The van der Waals surface area contributed by atoms with Crippen molar-refractivity contribution >= 4 is 34.4 Å². The lowest BCUT2D eigenvalue weighted by molar-refractivity contribution is -0.224. The van der Waals surface area contributed by atoms with Crippen molar-refractivity contribution in [1.82, 2.24) is 10.3 Å². The first-order valence-electron chi connectivity index (χ1n) is 17.1. The van der Waals surface area contributed by atoms with Crippen molar-refractivity contribution in [3.8, 4) is 0 Å². The molecule has 3 N–H and O–H groups in total. The summed E-state index contributed by atoms with van der Waals surface area (Å²) in [5.74, 6) is 1.13. The molecule has 5 aliphatic carbocycles. The Labute approximate surface area is 268 Å². The van der Waals surface area contributed by atoms with E-state index in [1.54, 1.807) is 0 Å². The molecule has 1 aromatic heterocycles. The van der Waals surface area contributed by atoms with Crippen LogP contribution >= 0.6 is 11.6 Å². The fourth-order valence-corrected chi connectivity index (χ4v) is 13.3. The molecule has 5 nitrogen and oxygen atoms in total. The van der Waals surface area contributed by atoms with Gasteiger partial charge in [0, 0.05) is 27.0 Å². The minimum atomic E-state index is -0.976. The largest absolute Gasteiger partial charge is 0.480 e. The third-order valence-corrected chi connectivity index (χ3v) is 15.4. The number of carbonyl (C=O) groups excluding carboxylic acids is 1. The summed E-state index contributed by atoms with van der Waals surface area (Å²) in [4.78, 5) is 29.2. The van der Waals surface area contributed by atoms with Gasteiger partial charge in [0.1, 0.15) is 6.54 Å². The lowest BCUT2D eigenvalue weighted by atomic mass is 9.32. The Morgan fingerprint density at radius 2 is 1.75 bits per heavy atom. The third-order valence-electron chi connectivity index (χ3n) is 15.1. The predicted molar refractivity (Wildman–Crippen MR) is 177 cm³/mol. The number of aromatic amines is 1. The molecule has 4 saturated carbocycles. The normalized spacial score (nSPS) is 41.9. The van der Waals surface area contributed by atoms with Gasteiger partial charge in [0.25, 0.3) is 0 Å². The Morgan fingerprint density at radius 3 is 2.45 bits per heavy atom. The quantitative estimate of drug-likeness (QED) is 0.300. The van der Waals surface area contributed by atoms with Crippen molar-refractivity contribution < 1.29 is 14.7 Å². The summed E-state index contributed by atoms with van der Waals surface area (Å²) in [6, 6.07) is 6.31. The molecule has 0 bridgehead atoms.